The zero-order valence-corrected chi connectivity index (χ0v) is 15.0. The van der Waals surface area contributed by atoms with Gasteiger partial charge in [-0.25, -0.2) is 4.99 Å². The Morgan fingerprint density at radius 2 is 2.00 bits per heavy atom. The van der Waals surface area contributed by atoms with Gasteiger partial charge in [-0.3, -0.25) is 0 Å². The van der Waals surface area contributed by atoms with Crippen molar-refractivity contribution >= 4 is 38.3 Å². The second-order valence-electron chi connectivity index (χ2n) is 6.85. The molecule has 0 atom stereocenters. The third-order valence-electron chi connectivity index (χ3n) is 5.47. The normalized spacial score (nSPS) is 16.3. The van der Waals surface area contributed by atoms with Crippen LogP contribution in [-0.4, -0.2) is 24.4 Å². The van der Waals surface area contributed by atoms with E-state index in [0.29, 0.717) is 11.5 Å². The third-order valence-corrected chi connectivity index (χ3v) is 6.64. The Labute approximate surface area is 155 Å². The summed E-state index contributed by atoms with van der Waals surface area (Å²) in [6.45, 7) is 2.16. The molecule has 4 heterocycles. The highest BCUT2D eigenvalue weighted by Gasteiger charge is 2.36. The zero-order chi connectivity index (χ0) is 17.7. The summed E-state index contributed by atoms with van der Waals surface area (Å²) in [5.41, 5.74) is 2.61. The van der Waals surface area contributed by atoms with Gasteiger partial charge in [-0.05, 0) is 35.6 Å². The molecule has 0 radical (unpaired) electrons. The van der Waals surface area contributed by atoms with Crippen molar-refractivity contribution in [3.8, 4) is 11.8 Å². The number of fused-ring (bicyclic) bond motifs is 3. The number of benzene rings is 2. The maximum atomic E-state index is 10.3. The van der Waals surface area contributed by atoms with E-state index in [2.05, 4.69) is 16.0 Å². The van der Waals surface area contributed by atoms with Crippen LogP contribution in [0.2, 0.25) is 0 Å². The molecule has 128 valence electrons. The Morgan fingerprint density at radius 3 is 2.81 bits per heavy atom. The fourth-order valence-electron chi connectivity index (χ4n) is 4.15. The summed E-state index contributed by atoms with van der Waals surface area (Å²) in [5, 5.41) is 24.0. The number of hydrogen-bond donors (Lipinski definition) is 1. The van der Waals surface area contributed by atoms with Gasteiger partial charge in [0.05, 0.1) is 10.6 Å². The third kappa shape index (κ3) is 2.23. The predicted molar refractivity (Wildman–Crippen MR) is 106 cm³/mol. The van der Waals surface area contributed by atoms with E-state index < -0.39 is 0 Å². The molecule has 0 unspecified atom stereocenters. The van der Waals surface area contributed by atoms with Crippen LogP contribution in [0.3, 0.4) is 0 Å². The molecule has 1 fully saturated rings. The summed E-state index contributed by atoms with van der Waals surface area (Å²) in [5.74, 6) is 0.701. The Balaban J connectivity index is 1.63. The number of phenols is 1. The van der Waals surface area contributed by atoms with E-state index in [1.165, 1.54) is 10.6 Å². The number of nitrogens with zero attached hydrogens (tertiary/aromatic N) is 3. The molecule has 1 N–H and O–H groups in total. The minimum absolute atomic E-state index is 0.205. The molecule has 2 aromatic carbocycles. The molecule has 5 heteroatoms. The maximum absolute atomic E-state index is 10.3. The van der Waals surface area contributed by atoms with Gasteiger partial charge in [-0.15, -0.1) is 0 Å². The number of aromatic hydroxyl groups is 1. The molecular formula is C21H17N3OS. The van der Waals surface area contributed by atoms with Gasteiger partial charge in [0.2, 0.25) is 0 Å². The number of aliphatic imine (C=N–C) groups is 1. The molecule has 0 aliphatic carbocycles. The Bertz CT molecular complexity index is 1080. The lowest BCUT2D eigenvalue weighted by Crippen LogP contribution is -2.37. The van der Waals surface area contributed by atoms with Crippen LogP contribution in [0.25, 0.3) is 10.8 Å². The van der Waals surface area contributed by atoms with Crippen molar-refractivity contribution in [2.75, 3.05) is 18.0 Å². The molecule has 26 heavy (non-hydrogen) atoms. The first kappa shape index (κ1) is 15.4. The molecule has 3 aromatic rings. The SMILES string of the molecule is N#Cc1c(N=Cc2c(O)ccc3ccccc23)sc2c1C1CCN2CC1. The highest BCUT2D eigenvalue weighted by atomic mass is 32.1. The lowest BCUT2D eigenvalue weighted by Gasteiger charge is -2.39. The van der Waals surface area contributed by atoms with Crippen LogP contribution < -0.4 is 4.90 Å². The van der Waals surface area contributed by atoms with Crippen LogP contribution in [-0.2, 0) is 0 Å². The fraction of sp³-hybridized carbons (Fsp3) is 0.238. The summed E-state index contributed by atoms with van der Waals surface area (Å²) < 4.78 is 0. The van der Waals surface area contributed by atoms with E-state index >= 15 is 0 Å². The lowest BCUT2D eigenvalue weighted by molar-refractivity contribution is 0.475. The number of anilines is 1. The molecule has 1 saturated heterocycles. The molecule has 0 amide bonds. The topological polar surface area (TPSA) is 59.6 Å². The minimum Gasteiger partial charge on any atom is -0.507 e. The molecule has 1 aromatic heterocycles. The molecule has 6 rings (SSSR count). The molecular weight excluding hydrogens is 342 g/mol. The summed E-state index contributed by atoms with van der Waals surface area (Å²) in [6.07, 6.45) is 3.96. The molecule has 0 saturated carbocycles. The van der Waals surface area contributed by atoms with Crippen molar-refractivity contribution in [1.82, 2.24) is 0 Å². The number of nitriles is 1. The van der Waals surface area contributed by atoms with Gasteiger partial charge in [-0.1, -0.05) is 41.7 Å². The van der Waals surface area contributed by atoms with Crippen LogP contribution in [0, 0.1) is 11.3 Å². The van der Waals surface area contributed by atoms with Gasteiger partial charge < -0.3 is 10.0 Å². The van der Waals surface area contributed by atoms with Crippen LogP contribution >= 0.6 is 11.3 Å². The van der Waals surface area contributed by atoms with Crippen LogP contribution in [0.4, 0.5) is 10.0 Å². The standard InChI is InChI=1S/C21H17N3OS/c22-11-16-19-14-7-9-24(10-8-14)21(19)26-20(16)23-12-17-15-4-2-1-3-13(15)5-6-18(17)25/h1-6,12,14,25H,7-10H2. The first-order valence-electron chi connectivity index (χ1n) is 8.83. The van der Waals surface area contributed by atoms with E-state index in [9.17, 15) is 10.4 Å². The van der Waals surface area contributed by atoms with Crippen LogP contribution in [0.1, 0.15) is 35.4 Å². The van der Waals surface area contributed by atoms with E-state index in [0.717, 1.165) is 47.3 Å². The highest BCUT2D eigenvalue weighted by molar-refractivity contribution is 7.20. The molecule has 0 spiro atoms. The first-order valence-corrected chi connectivity index (χ1v) is 9.64. The predicted octanol–water partition coefficient (Wildman–Crippen LogP) is 4.93. The van der Waals surface area contributed by atoms with Crippen LogP contribution in [0.15, 0.2) is 41.4 Å². The number of piperidine rings is 1. The van der Waals surface area contributed by atoms with Gasteiger partial charge in [0, 0.05) is 30.4 Å². The second-order valence-corrected chi connectivity index (χ2v) is 7.83. The van der Waals surface area contributed by atoms with E-state index in [4.69, 9.17) is 0 Å². The fourth-order valence-corrected chi connectivity index (χ4v) is 5.38. The average Bonchev–Trinajstić information content (AvgIpc) is 3.08. The average molecular weight is 359 g/mol. The number of hydrogen-bond acceptors (Lipinski definition) is 5. The summed E-state index contributed by atoms with van der Waals surface area (Å²) >= 11 is 1.60. The number of rotatable bonds is 2. The summed E-state index contributed by atoms with van der Waals surface area (Å²) in [6, 6.07) is 13.9. The van der Waals surface area contributed by atoms with E-state index in [-0.39, 0.29) is 5.75 Å². The maximum Gasteiger partial charge on any atom is 0.136 e. The largest absolute Gasteiger partial charge is 0.507 e. The van der Waals surface area contributed by atoms with Crippen molar-refractivity contribution in [3.63, 3.8) is 0 Å². The summed E-state index contributed by atoms with van der Waals surface area (Å²) in [4.78, 5) is 7.03. The second kappa shape index (κ2) is 5.86. The van der Waals surface area contributed by atoms with Crippen molar-refractivity contribution < 1.29 is 5.11 Å². The Hall–Kier alpha value is -2.84. The van der Waals surface area contributed by atoms with Crippen molar-refractivity contribution in [3.05, 3.63) is 53.1 Å². The van der Waals surface area contributed by atoms with Crippen molar-refractivity contribution in [2.45, 2.75) is 18.8 Å². The zero-order valence-electron chi connectivity index (χ0n) is 14.1. The van der Waals surface area contributed by atoms with Crippen molar-refractivity contribution in [2.24, 2.45) is 4.99 Å². The van der Waals surface area contributed by atoms with E-state index in [1.807, 2.05) is 30.3 Å². The number of thiophene rings is 1. The molecule has 4 nitrogen and oxygen atoms in total. The van der Waals surface area contributed by atoms with Gasteiger partial charge >= 0.3 is 0 Å². The molecule has 3 aliphatic heterocycles. The van der Waals surface area contributed by atoms with Gasteiger partial charge in [0.15, 0.2) is 0 Å². The smallest absolute Gasteiger partial charge is 0.136 e. The van der Waals surface area contributed by atoms with Gasteiger partial charge in [0.1, 0.15) is 16.8 Å². The number of phenolic OH excluding ortho intramolecular Hbond substituents is 1. The van der Waals surface area contributed by atoms with E-state index in [1.54, 1.807) is 23.6 Å². The van der Waals surface area contributed by atoms with Gasteiger partial charge in [0.25, 0.3) is 0 Å². The molecule has 2 bridgehead atoms. The lowest BCUT2D eigenvalue weighted by atomic mass is 9.84. The monoisotopic (exact) mass is 359 g/mol. The van der Waals surface area contributed by atoms with Gasteiger partial charge in [-0.2, -0.15) is 5.26 Å². The minimum atomic E-state index is 0.205. The van der Waals surface area contributed by atoms with Crippen molar-refractivity contribution in [1.29, 1.82) is 5.26 Å². The summed E-state index contributed by atoms with van der Waals surface area (Å²) in [7, 11) is 0. The van der Waals surface area contributed by atoms with Crippen LogP contribution in [0.5, 0.6) is 5.75 Å². The molecule has 3 aliphatic rings. The first-order chi connectivity index (χ1) is 12.8. The highest BCUT2D eigenvalue weighted by Crippen LogP contribution is 2.52. The Kier molecular flexibility index (Phi) is 3.47. The quantitative estimate of drug-likeness (QED) is 0.660. The Morgan fingerprint density at radius 1 is 1.19 bits per heavy atom.